The molecule has 3 rings (SSSR count). The average molecular weight is 285 g/mol. The van der Waals surface area contributed by atoms with Crippen LogP contribution in [0.3, 0.4) is 0 Å². The van der Waals surface area contributed by atoms with E-state index in [9.17, 15) is 4.79 Å². The second-order valence-electron chi connectivity index (χ2n) is 6.08. The normalized spacial score (nSPS) is 19.8. The van der Waals surface area contributed by atoms with Crippen LogP contribution in [0.25, 0.3) is 10.9 Å². The zero-order chi connectivity index (χ0) is 14.8. The van der Waals surface area contributed by atoms with E-state index in [1.807, 2.05) is 14.1 Å². The predicted octanol–water partition coefficient (Wildman–Crippen LogP) is 2.78. The summed E-state index contributed by atoms with van der Waals surface area (Å²) < 4.78 is 0. The largest absolute Gasteiger partial charge is 0.357 e. The molecule has 0 bridgehead atoms. The van der Waals surface area contributed by atoms with Gasteiger partial charge in [-0.1, -0.05) is 24.6 Å². The maximum atomic E-state index is 12.0. The molecular weight excluding hydrogens is 262 g/mol. The number of benzene rings is 1. The number of amides is 1. The van der Waals surface area contributed by atoms with Crippen molar-refractivity contribution in [2.45, 2.75) is 25.3 Å². The first-order valence-corrected chi connectivity index (χ1v) is 7.67. The molecule has 1 saturated heterocycles. The van der Waals surface area contributed by atoms with Gasteiger partial charge in [-0.2, -0.15) is 0 Å². The van der Waals surface area contributed by atoms with Crippen LogP contribution in [0.15, 0.2) is 30.3 Å². The van der Waals surface area contributed by atoms with E-state index in [0.717, 1.165) is 13.0 Å². The molecule has 1 aliphatic rings. The number of fused-ring (bicyclic) bond motifs is 1. The fourth-order valence-electron chi connectivity index (χ4n) is 3.12. The first-order valence-electron chi connectivity index (χ1n) is 7.67. The highest BCUT2D eigenvalue weighted by Crippen LogP contribution is 2.32. The van der Waals surface area contributed by atoms with Gasteiger partial charge in [0.25, 0.3) is 0 Å². The number of nitrogens with one attached hydrogen (secondary N) is 1. The lowest BCUT2D eigenvalue weighted by atomic mass is 9.99. The summed E-state index contributed by atoms with van der Waals surface area (Å²) >= 11 is 0. The van der Waals surface area contributed by atoms with Crippen LogP contribution in [0, 0.1) is 0 Å². The molecule has 1 aromatic carbocycles. The Bertz CT molecular complexity index is 599. The third kappa shape index (κ3) is 2.95. The average Bonchev–Trinajstić information content (AvgIpc) is 2.91. The quantitative estimate of drug-likeness (QED) is 0.942. The van der Waals surface area contributed by atoms with E-state index < -0.39 is 0 Å². The fraction of sp³-hybridized carbons (Fsp3) is 0.471. The van der Waals surface area contributed by atoms with E-state index in [1.54, 1.807) is 4.90 Å². The molecule has 0 radical (unpaired) electrons. The number of rotatable bonds is 3. The lowest BCUT2D eigenvalue weighted by molar-refractivity contribution is -0.130. The number of aromatic amines is 1. The maximum Gasteiger partial charge on any atom is 0.236 e. The molecule has 1 fully saturated rings. The smallest absolute Gasteiger partial charge is 0.236 e. The second-order valence-corrected chi connectivity index (χ2v) is 6.08. The number of para-hydroxylation sites is 1. The Kier molecular flexibility index (Phi) is 3.97. The van der Waals surface area contributed by atoms with Crippen molar-refractivity contribution in [2.24, 2.45) is 0 Å². The van der Waals surface area contributed by atoms with Crippen LogP contribution >= 0.6 is 0 Å². The van der Waals surface area contributed by atoms with Crippen molar-refractivity contribution in [3.63, 3.8) is 0 Å². The van der Waals surface area contributed by atoms with Gasteiger partial charge in [-0.05, 0) is 36.9 Å². The minimum absolute atomic E-state index is 0.179. The Morgan fingerprint density at radius 1 is 1.33 bits per heavy atom. The minimum atomic E-state index is 0.179. The van der Waals surface area contributed by atoms with Crippen molar-refractivity contribution in [1.29, 1.82) is 0 Å². The van der Waals surface area contributed by atoms with Crippen LogP contribution in [0.2, 0.25) is 0 Å². The molecule has 0 spiro atoms. The number of aromatic nitrogens is 1. The molecular formula is C17H23N3O. The van der Waals surface area contributed by atoms with Gasteiger partial charge < -0.3 is 9.88 Å². The van der Waals surface area contributed by atoms with Crippen molar-refractivity contribution in [3.8, 4) is 0 Å². The molecule has 4 heteroatoms. The Balaban J connectivity index is 1.84. The van der Waals surface area contributed by atoms with Gasteiger partial charge in [-0.25, -0.2) is 0 Å². The molecule has 1 amide bonds. The van der Waals surface area contributed by atoms with E-state index in [0.29, 0.717) is 12.6 Å². The number of likely N-dealkylation sites (tertiary alicyclic amines) is 1. The second kappa shape index (κ2) is 5.90. The summed E-state index contributed by atoms with van der Waals surface area (Å²) in [7, 11) is 3.65. The molecule has 1 aromatic heterocycles. The van der Waals surface area contributed by atoms with Crippen molar-refractivity contribution in [2.75, 3.05) is 27.2 Å². The van der Waals surface area contributed by atoms with Gasteiger partial charge in [0.05, 0.1) is 12.6 Å². The van der Waals surface area contributed by atoms with Crippen molar-refractivity contribution >= 4 is 16.8 Å². The Hall–Kier alpha value is -1.81. The lowest BCUT2D eigenvalue weighted by Gasteiger charge is -2.35. The van der Waals surface area contributed by atoms with E-state index in [-0.39, 0.29) is 5.91 Å². The van der Waals surface area contributed by atoms with Crippen LogP contribution < -0.4 is 0 Å². The van der Waals surface area contributed by atoms with E-state index in [2.05, 4.69) is 40.2 Å². The third-order valence-electron chi connectivity index (χ3n) is 4.36. The molecule has 0 saturated carbocycles. The van der Waals surface area contributed by atoms with Gasteiger partial charge in [0.15, 0.2) is 0 Å². The van der Waals surface area contributed by atoms with Gasteiger partial charge >= 0.3 is 0 Å². The molecule has 2 aromatic rings. The molecule has 1 unspecified atom stereocenters. The number of carbonyl (C=O) groups excluding carboxylic acids is 1. The number of likely N-dealkylation sites (N-methyl/N-ethyl adjacent to an activating group) is 1. The lowest BCUT2D eigenvalue weighted by Crippen LogP contribution is -2.41. The summed E-state index contributed by atoms with van der Waals surface area (Å²) in [5, 5.41) is 1.25. The summed E-state index contributed by atoms with van der Waals surface area (Å²) in [6.45, 7) is 1.51. The van der Waals surface area contributed by atoms with Crippen LogP contribution in [0.4, 0.5) is 0 Å². The highest BCUT2D eigenvalue weighted by atomic mass is 16.2. The van der Waals surface area contributed by atoms with Gasteiger partial charge in [-0.3, -0.25) is 9.69 Å². The van der Waals surface area contributed by atoms with Crippen LogP contribution in [0.5, 0.6) is 0 Å². The van der Waals surface area contributed by atoms with Gasteiger partial charge in [-0.15, -0.1) is 0 Å². The Morgan fingerprint density at radius 3 is 2.90 bits per heavy atom. The summed E-state index contributed by atoms with van der Waals surface area (Å²) in [5.41, 5.74) is 2.42. The molecule has 2 heterocycles. The number of nitrogens with zero attached hydrogens (tertiary/aromatic N) is 2. The highest BCUT2D eigenvalue weighted by Gasteiger charge is 2.27. The molecule has 1 atom stereocenters. The zero-order valence-corrected chi connectivity index (χ0v) is 12.8. The third-order valence-corrected chi connectivity index (χ3v) is 4.36. The summed E-state index contributed by atoms with van der Waals surface area (Å²) in [6, 6.07) is 10.9. The SMILES string of the molecule is CN(C)C(=O)CN1CCCCC1c1cc2ccccc2[nH]1. The van der Waals surface area contributed by atoms with E-state index in [4.69, 9.17) is 0 Å². The summed E-state index contributed by atoms with van der Waals surface area (Å²) in [6.07, 6.45) is 3.53. The summed E-state index contributed by atoms with van der Waals surface area (Å²) in [5.74, 6) is 0.179. The van der Waals surface area contributed by atoms with Crippen molar-refractivity contribution in [3.05, 3.63) is 36.0 Å². The summed E-state index contributed by atoms with van der Waals surface area (Å²) in [4.78, 5) is 19.6. The van der Waals surface area contributed by atoms with Crippen molar-refractivity contribution < 1.29 is 4.79 Å². The predicted molar refractivity (Wildman–Crippen MR) is 85.2 cm³/mol. The van der Waals surface area contributed by atoms with E-state index >= 15 is 0 Å². The molecule has 112 valence electrons. The minimum Gasteiger partial charge on any atom is -0.357 e. The Morgan fingerprint density at radius 2 is 2.14 bits per heavy atom. The molecule has 1 aliphatic heterocycles. The first-order chi connectivity index (χ1) is 10.1. The zero-order valence-electron chi connectivity index (χ0n) is 12.8. The monoisotopic (exact) mass is 285 g/mol. The van der Waals surface area contributed by atoms with Crippen LogP contribution in [-0.4, -0.2) is 47.9 Å². The van der Waals surface area contributed by atoms with Crippen LogP contribution in [-0.2, 0) is 4.79 Å². The van der Waals surface area contributed by atoms with E-state index in [1.165, 1.54) is 29.4 Å². The number of carbonyl (C=O) groups is 1. The fourth-order valence-corrected chi connectivity index (χ4v) is 3.12. The maximum absolute atomic E-state index is 12.0. The van der Waals surface area contributed by atoms with Gasteiger partial charge in [0.1, 0.15) is 0 Å². The standard InChI is InChI=1S/C17H23N3O/c1-19(2)17(21)12-20-10-6-5-9-16(20)15-11-13-7-3-4-8-14(13)18-15/h3-4,7-8,11,16,18H,5-6,9-10,12H2,1-2H3. The number of hydrogen-bond donors (Lipinski definition) is 1. The molecule has 1 N–H and O–H groups in total. The molecule has 4 nitrogen and oxygen atoms in total. The van der Waals surface area contributed by atoms with Gasteiger partial charge in [0, 0.05) is 25.3 Å². The molecule has 21 heavy (non-hydrogen) atoms. The first kappa shape index (κ1) is 14.1. The van der Waals surface area contributed by atoms with Crippen LogP contribution in [0.1, 0.15) is 31.0 Å². The highest BCUT2D eigenvalue weighted by molar-refractivity contribution is 5.80. The topological polar surface area (TPSA) is 39.3 Å². The number of H-pyrrole nitrogens is 1. The number of piperidine rings is 1. The van der Waals surface area contributed by atoms with Gasteiger partial charge in [0.2, 0.25) is 5.91 Å². The number of hydrogen-bond acceptors (Lipinski definition) is 2. The Labute approximate surface area is 125 Å². The molecule has 0 aliphatic carbocycles. The van der Waals surface area contributed by atoms with Crippen molar-refractivity contribution in [1.82, 2.24) is 14.8 Å².